The first kappa shape index (κ1) is 29.4. The molecule has 0 atom stereocenters. The highest BCUT2D eigenvalue weighted by atomic mass is 16.5. The van der Waals surface area contributed by atoms with Gasteiger partial charge in [-0.25, -0.2) is 4.98 Å². The number of benzene rings is 1. The molecule has 1 N–H and O–H groups in total. The van der Waals surface area contributed by atoms with Crippen molar-refractivity contribution in [3.8, 4) is 0 Å². The number of ether oxygens (including phenoxy) is 1. The lowest BCUT2D eigenvalue weighted by Gasteiger charge is -2.26. The SMILES string of the molecule is COCCCNc1nc2ccc(C(=O)N(CCC(C)C)CCC(C)C)cc2n1CCCN1CCCCC1. The highest BCUT2D eigenvalue weighted by Crippen LogP contribution is 2.23. The van der Waals surface area contributed by atoms with Gasteiger partial charge in [-0.05, 0) is 88.2 Å². The van der Waals surface area contributed by atoms with E-state index in [2.05, 4.69) is 53.4 Å². The van der Waals surface area contributed by atoms with Gasteiger partial charge in [0.2, 0.25) is 5.95 Å². The summed E-state index contributed by atoms with van der Waals surface area (Å²) in [5, 5.41) is 3.53. The summed E-state index contributed by atoms with van der Waals surface area (Å²) in [6.45, 7) is 16.5. The Kier molecular flexibility index (Phi) is 12.2. The Bertz CT molecular complexity index is 937. The fraction of sp³-hybridized carbons (Fsp3) is 0.733. The van der Waals surface area contributed by atoms with Gasteiger partial charge in [0.25, 0.3) is 5.91 Å². The number of hydrogen-bond donors (Lipinski definition) is 1. The zero-order valence-electron chi connectivity index (χ0n) is 24.1. The molecule has 3 rings (SSSR count). The van der Waals surface area contributed by atoms with Crippen LogP contribution in [-0.4, -0.2) is 78.2 Å². The molecule has 0 bridgehead atoms. The van der Waals surface area contributed by atoms with E-state index in [0.29, 0.717) is 11.8 Å². The molecule has 0 spiro atoms. The minimum absolute atomic E-state index is 0.138. The van der Waals surface area contributed by atoms with E-state index in [4.69, 9.17) is 9.72 Å². The van der Waals surface area contributed by atoms with Gasteiger partial charge in [-0.3, -0.25) is 4.79 Å². The lowest BCUT2D eigenvalue weighted by atomic mass is 10.1. The van der Waals surface area contributed by atoms with E-state index in [9.17, 15) is 4.79 Å². The average Bonchev–Trinajstić information content (AvgIpc) is 3.23. The molecule has 1 aromatic carbocycles. The van der Waals surface area contributed by atoms with Crippen LogP contribution < -0.4 is 5.32 Å². The third-order valence-electron chi connectivity index (χ3n) is 7.35. The van der Waals surface area contributed by atoms with E-state index < -0.39 is 0 Å². The molecule has 1 aliphatic heterocycles. The number of methoxy groups -OCH3 is 1. The van der Waals surface area contributed by atoms with Gasteiger partial charge in [-0.1, -0.05) is 34.1 Å². The van der Waals surface area contributed by atoms with Crippen molar-refractivity contribution >= 4 is 22.9 Å². The average molecular weight is 514 g/mol. The lowest BCUT2D eigenvalue weighted by molar-refractivity contribution is 0.0741. The third-order valence-corrected chi connectivity index (χ3v) is 7.35. The molecule has 208 valence electrons. The van der Waals surface area contributed by atoms with Crippen molar-refractivity contribution in [2.24, 2.45) is 11.8 Å². The van der Waals surface area contributed by atoms with Crippen LogP contribution in [-0.2, 0) is 11.3 Å². The summed E-state index contributed by atoms with van der Waals surface area (Å²) < 4.78 is 7.51. The number of hydrogen-bond acceptors (Lipinski definition) is 5. The standard InChI is InChI=1S/C30H51N5O2/c1-24(2)13-20-34(21-14-25(3)4)29(36)26-11-12-27-28(23-26)35(30(32-27)31-15-9-22-37-5)19-10-18-33-16-7-6-8-17-33/h11-12,23-25H,6-10,13-22H2,1-5H3,(H,31,32). The highest BCUT2D eigenvalue weighted by Gasteiger charge is 2.19. The number of carbonyl (C=O) groups is 1. The summed E-state index contributed by atoms with van der Waals surface area (Å²) in [5.74, 6) is 2.18. The summed E-state index contributed by atoms with van der Waals surface area (Å²) in [4.78, 5) is 23.2. The van der Waals surface area contributed by atoms with Gasteiger partial charge in [-0.15, -0.1) is 0 Å². The summed E-state index contributed by atoms with van der Waals surface area (Å²) in [6.07, 6.45) is 8.04. The molecular formula is C30H51N5O2. The monoisotopic (exact) mass is 513 g/mol. The van der Waals surface area contributed by atoms with Crippen LogP contribution in [0, 0.1) is 11.8 Å². The molecule has 2 heterocycles. The smallest absolute Gasteiger partial charge is 0.253 e. The van der Waals surface area contributed by atoms with Crippen molar-refractivity contribution in [1.82, 2.24) is 19.4 Å². The first-order valence-electron chi connectivity index (χ1n) is 14.6. The van der Waals surface area contributed by atoms with Crippen molar-refractivity contribution in [2.45, 2.75) is 79.2 Å². The number of aryl methyl sites for hydroxylation is 1. The highest BCUT2D eigenvalue weighted by molar-refractivity contribution is 5.97. The summed E-state index contributed by atoms with van der Waals surface area (Å²) >= 11 is 0. The van der Waals surface area contributed by atoms with Crippen molar-refractivity contribution in [3.05, 3.63) is 23.8 Å². The number of aromatic nitrogens is 2. The number of anilines is 1. The number of nitrogens with one attached hydrogen (secondary N) is 1. The van der Waals surface area contributed by atoms with Crippen LogP contribution in [0.3, 0.4) is 0 Å². The number of piperidine rings is 1. The van der Waals surface area contributed by atoms with Crippen LogP contribution in [0.25, 0.3) is 11.0 Å². The Morgan fingerprint density at radius 2 is 1.73 bits per heavy atom. The van der Waals surface area contributed by atoms with Crippen molar-refractivity contribution in [1.29, 1.82) is 0 Å². The molecular weight excluding hydrogens is 462 g/mol. The zero-order chi connectivity index (χ0) is 26.6. The van der Waals surface area contributed by atoms with Crippen LogP contribution in [0.2, 0.25) is 0 Å². The molecule has 1 saturated heterocycles. The van der Waals surface area contributed by atoms with Gasteiger partial charge in [0, 0.05) is 45.5 Å². The molecule has 0 aliphatic carbocycles. The fourth-order valence-corrected chi connectivity index (χ4v) is 4.99. The Labute approximate surface area is 224 Å². The van der Waals surface area contributed by atoms with Crippen molar-refractivity contribution < 1.29 is 9.53 Å². The Balaban J connectivity index is 1.81. The Morgan fingerprint density at radius 1 is 1.03 bits per heavy atom. The molecule has 1 fully saturated rings. The largest absolute Gasteiger partial charge is 0.385 e. The normalized spacial score (nSPS) is 14.7. The molecule has 0 radical (unpaired) electrons. The molecule has 37 heavy (non-hydrogen) atoms. The van der Waals surface area contributed by atoms with E-state index in [1.807, 2.05) is 12.1 Å². The van der Waals surface area contributed by atoms with Crippen molar-refractivity contribution in [2.75, 3.05) is 58.3 Å². The number of rotatable bonds is 16. The van der Waals surface area contributed by atoms with E-state index in [0.717, 1.165) is 87.6 Å². The van der Waals surface area contributed by atoms with Gasteiger partial charge in [0.05, 0.1) is 11.0 Å². The summed E-state index contributed by atoms with van der Waals surface area (Å²) in [7, 11) is 1.74. The topological polar surface area (TPSA) is 62.6 Å². The van der Waals surface area contributed by atoms with Crippen LogP contribution in [0.4, 0.5) is 5.95 Å². The molecule has 1 aromatic heterocycles. The summed E-state index contributed by atoms with van der Waals surface area (Å²) in [6, 6.07) is 6.05. The second-order valence-electron chi connectivity index (χ2n) is 11.5. The molecule has 7 nitrogen and oxygen atoms in total. The minimum Gasteiger partial charge on any atom is -0.385 e. The number of nitrogens with zero attached hydrogens (tertiary/aromatic N) is 4. The predicted molar refractivity (Wildman–Crippen MR) is 154 cm³/mol. The van der Waals surface area contributed by atoms with Crippen LogP contribution in [0.5, 0.6) is 0 Å². The number of likely N-dealkylation sites (tertiary alicyclic amines) is 1. The van der Waals surface area contributed by atoms with Gasteiger partial charge >= 0.3 is 0 Å². The molecule has 0 saturated carbocycles. The molecule has 1 amide bonds. The third kappa shape index (κ3) is 9.29. The first-order chi connectivity index (χ1) is 17.9. The lowest BCUT2D eigenvalue weighted by Crippen LogP contribution is -2.34. The van der Waals surface area contributed by atoms with E-state index in [1.54, 1.807) is 7.11 Å². The fourth-order valence-electron chi connectivity index (χ4n) is 4.99. The van der Waals surface area contributed by atoms with E-state index in [1.165, 1.54) is 32.4 Å². The van der Waals surface area contributed by atoms with E-state index >= 15 is 0 Å². The van der Waals surface area contributed by atoms with Gasteiger partial charge in [0.15, 0.2) is 0 Å². The maximum Gasteiger partial charge on any atom is 0.253 e. The van der Waals surface area contributed by atoms with Gasteiger partial charge in [0.1, 0.15) is 0 Å². The van der Waals surface area contributed by atoms with Crippen LogP contribution in [0.1, 0.15) is 83.0 Å². The van der Waals surface area contributed by atoms with Crippen LogP contribution in [0.15, 0.2) is 18.2 Å². The Morgan fingerprint density at radius 3 is 2.38 bits per heavy atom. The summed E-state index contributed by atoms with van der Waals surface area (Å²) in [5.41, 5.74) is 2.76. The number of imidazole rings is 1. The number of amides is 1. The van der Waals surface area contributed by atoms with E-state index in [-0.39, 0.29) is 5.91 Å². The molecule has 2 aromatic rings. The minimum atomic E-state index is 0.138. The second kappa shape index (κ2) is 15.3. The molecule has 0 unspecified atom stereocenters. The Hall–Kier alpha value is -2.12. The maximum absolute atomic E-state index is 13.7. The maximum atomic E-state index is 13.7. The number of fused-ring (bicyclic) bond motifs is 1. The van der Waals surface area contributed by atoms with Crippen molar-refractivity contribution in [3.63, 3.8) is 0 Å². The first-order valence-corrected chi connectivity index (χ1v) is 14.6. The van der Waals surface area contributed by atoms with Crippen LogP contribution >= 0.6 is 0 Å². The second-order valence-corrected chi connectivity index (χ2v) is 11.5. The quantitative estimate of drug-likeness (QED) is 0.283. The van der Waals surface area contributed by atoms with Gasteiger partial charge in [-0.2, -0.15) is 0 Å². The molecule has 1 aliphatic rings. The molecule has 7 heteroatoms. The number of carbonyl (C=O) groups excluding carboxylic acids is 1. The predicted octanol–water partition coefficient (Wildman–Crippen LogP) is 5.90. The van der Waals surface area contributed by atoms with Gasteiger partial charge < -0.3 is 24.4 Å². The zero-order valence-corrected chi connectivity index (χ0v) is 24.1.